The number of hydrogen-bond acceptors (Lipinski definition) is 6. The van der Waals surface area contributed by atoms with Crippen molar-refractivity contribution >= 4 is 44.9 Å². The van der Waals surface area contributed by atoms with Gasteiger partial charge in [-0.25, -0.2) is 4.79 Å². The third kappa shape index (κ3) is 4.16. The summed E-state index contributed by atoms with van der Waals surface area (Å²) in [5.41, 5.74) is 7.02. The maximum Gasteiger partial charge on any atom is 0.348 e. The fourth-order valence-electron chi connectivity index (χ4n) is 3.03. The molecular formula is C21H20ClNO5S. The molecule has 152 valence electrons. The van der Waals surface area contributed by atoms with Gasteiger partial charge in [0.15, 0.2) is 11.5 Å². The second-order valence-corrected chi connectivity index (χ2v) is 7.68. The average molecular weight is 434 g/mol. The van der Waals surface area contributed by atoms with E-state index in [-0.39, 0.29) is 13.2 Å². The van der Waals surface area contributed by atoms with Gasteiger partial charge in [0.25, 0.3) is 0 Å². The van der Waals surface area contributed by atoms with Crippen LogP contribution >= 0.6 is 22.9 Å². The molecule has 3 aromatic rings. The Morgan fingerprint density at radius 1 is 1.24 bits per heavy atom. The van der Waals surface area contributed by atoms with Crippen LogP contribution < -0.4 is 15.2 Å². The normalized spacial score (nSPS) is 10.8. The van der Waals surface area contributed by atoms with E-state index >= 15 is 0 Å². The Balaban J connectivity index is 2.04. The van der Waals surface area contributed by atoms with Crippen molar-refractivity contribution in [3.8, 4) is 11.5 Å². The van der Waals surface area contributed by atoms with Crippen LogP contribution in [0.5, 0.6) is 11.5 Å². The maximum atomic E-state index is 12.5. The van der Waals surface area contributed by atoms with Crippen molar-refractivity contribution < 1.29 is 23.8 Å². The molecule has 0 fully saturated rings. The third-order valence-corrected chi connectivity index (χ3v) is 5.82. The highest BCUT2D eigenvalue weighted by Gasteiger charge is 2.23. The van der Waals surface area contributed by atoms with Crippen LogP contribution in [0.1, 0.15) is 38.1 Å². The fraction of sp³-hybridized carbons (Fsp3) is 0.238. The monoisotopic (exact) mass is 433 g/mol. The number of carbonyl (C=O) groups excluding carboxylic acids is 2. The predicted octanol–water partition coefficient (Wildman–Crippen LogP) is 4.73. The Hall–Kier alpha value is -2.77. The summed E-state index contributed by atoms with van der Waals surface area (Å²) in [5.74, 6) is -0.143. The summed E-state index contributed by atoms with van der Waals surface area (Å²) < 4.78 is 17.5. The van der Waals surface area contributed by atoms with Gasteiger partial charge in [0.05, 0.1) is 13.7 Å². The number of fused-ring (bicyclic) bond motifs is 1. The number of thiophene rings is 1. The number of esters is 1. The zero-order chi connectivity index (χ0) is 21.1. The van der Waals surface area contributed by atoms with Gasteiger partial charge in [0, 0.05) is 26.2 Å². The molecule has 0 unspecified atom stereocenters. The third-order valence-electron chi connectivity index (χ3n) is 4.33. The molecule has 0 aliphatic heterocycles. The number of halogens is 1. The van der Waals surface area contributed by atoms with Crippen LogP contribution in [0.4, 0.5) is 0 Å². The van der Waals surface area contributed by atoms with Gasteiger partial charge in [-0.05, 0) is 43.7 Å². The smallest absolute Gasteiger partial charge is 0.348 e. The van der Waals surface area contributed by atoms with Crippen molar-refractivity contribution in [1.29, 1.82) is 0 Å². The molecule has 1 heterocycles. The van der Waals surface area contributed by atoms with Crippen molar-refractivity contribution in [3.05, 3.63) is 56.9 Å². The molecule has 0 bridgehead atoms. The number of ether oxygens (including phenoxy) is 3. The second kappa shape index (κ2) is 8.71. The standard InChI is InChI=1S/C21H20ClNO5S/c1-4-27-21(25)19-13(17-14(22)6-5-7-16(17)29-19)10-28-18-11(2)8-12(20(23)24)9-15(18)26-3/h5-9H,4,10H2,1-3H3,(H2,23,24). The summed E-state index contributed by atoms with van der Waals surface area (Å²) in [6.07, 6.45) is 0. The molecule has 1 amide bonds. The van der Waals surface area contributed by atoms with Gasteiger partial charge < -0.3 is 19.9 Å². The molecule has 2 N–H and O–H groups in total. The van der Waals surface area contributed by atoms with E-state index in [0.29, 0.717) is 38.1 Å². The minimum Gasteiger partial charge on any atom is -0.493 e. The molecule has 0 aliphatic carbocycles. The number of carbonyl (C=O) groups is 2. The topological polar surface area (TPSA) is 87.9 Å². The first kappa shape index (κ1) is 21.0. The molecule has 0 saturated carbocycles. The Morgan fingerprint density at radius 2 is 2.00 bits per heavy atom. The van der Waals surface area contributed by atoms with Crippen LogP contribution in [0.25, 0.3) is 10.1 Å². The van der Waals surface area contributed by atoms with Crippen LogP contribution in [0.15, 0.2) is 30.3 Å². The molecule has 0 saturated heterocycles. The van der Waals surface area contributed by atoms with Gasteiger partial charge in [-0.1, -0.05) is 17.7 Å². The Labute approximate surface area is 177 Å². The zero-order valence-corrected chi connectivity index (χ0v) is 17.8. The van der Waals surface area contributed by atoms with Crippen LogP contribution in [0.3, 0.4) is 0 Å². The van der Waals surface area contributed by atoms with Gasteiger partial charge in [-0.2, -0.15) is 0 Å². The van der Waals surface area contributed by atoms with E-state index in [9.17, 15) is 9.59 Å². The van der Waals surface area contributed by atoms with Crippen molar-refractivity contribution in [2.45, 2.75) is 20.5 Å². The first-order valence-electron chi connectivity index (χ1n) is 8.85. The summed E-state index contributed by atoms with van der Waals surface area (Å²) in [6, 6.07) is 8.64. The summed E-state index contributed by atoms with van der Waals surface area (Å²) in [7, 11) is 1.48. The highest BCUT2D eigenvalue weighted by molar-refractivity contribution is 7.21. The van der Waals surface area contributed by atoms with Gasteiger partial charge in [-0.3, -0.25) is 4.79 Å². The van der Waals surface area contributed by atoms with E-state index in [1.165, 1.54) is 24.5 Å². The summed E-state index contributed by atoms with van der Waals surface area (Å²) in [6.45, 7) is 3.88. The molecule has 0 atom stereocenters. The number of nitrogens with two attached hydrogens (primary N) is 1. The minimum atomic E-state index is -0.557. The molecule has 0 aliphatic rings. The van der Waals surface area contributed by atoms with Gasteiger partial charge in [-0.15, -0.1) is 11.3 Å². The lowest BCUT2D eigenvalue weighted by Crippen LogP contribution is -2.12. The lowest BCUT2D eigenvalue weighted by Gasteiger charge is -2.15. The first-order chi connectivity index (χ1) is 13.9. The minimum absolute atomic E-state index is 0.0744. The summed E-state index contributed by atoms with van der Waals surface area (Å²) in [4.78, 5) is 24.4. The fourth-order valence-corrected chi connectivity index (χ4v) is 4.50. The molecule has 3 rings (SSSR count). The van der Waals surface area contributed by atoms with Crippen LogP contribution in [-0.4, -0.2) is 25.6 Å². The molecule has 0 spiro atoms. The van der Waals surface area contributed by atoms with Crippen molar-refractivity contribution in [1.82, 2.24) is 0 Å². The number of amides is 1. The van der Waals surface area contributed by atoms with E-state index in [4.69, 9.17) is 31.5 Å². The lowest BCUT2D eigenvalue weighted by atomic mass is 10.1. The molecule has 8 heteroatoms. The molecule has 0 radical (unpaired) electrons. The van der Waals surface area contributed by atoms with Crippen molar-refractivity contribution in [2.75, 3.05) is 13.7 Å². The van der Waals surface area contributed by atoms with E-state index in [2.05, 4.69) is 0 Å². The maximum absolute atomic E-state index is 12.5. The number of primary amides is 1. The van der Waals surface area contributed by atoms with Gasteiger partial charge in [0.1, 0.15) is 11.5 Å². The Kier molecular flexibility index (Phi) is 6.30. The average Bonchev–Trinajstić information content (AvgIpc) is 3.06. The molecule has 2 aromatic carbocycles. The highest BCUT2D eigenvalue weighted by atomic mass is 35.5. The van der Waals surface area contributed by atoms with Gasteiger partial charge in [0.2, 0.25) is 5.91 Å². The quantitative estimate of drug-likeness (QED) is 0.544. The molecule has 6 nitrogen and oxygen atoms in total. The van der Waals surface area contributed by atoms with Gasteiger partial charge >= 0.3 is 5.97 Å². The second-order valence-electron chi connectivity index (χ2n) is 6.22. The van der Waals surface area contributed by atoms with E-state index in [1.54, 1.807) is 26.0 Å². The number of hydrogen-bond donors (Lipinski definition) is 1. The number of aryl methyl sites for hydroxylation is 1. The largest absolute Gasteiger partial charge is 0.493 e. The van der Waals surface area contributed by atoms with Crippen molar-refractivity contribution in [2.24, 2.45) is 5.73 Å². The zero-order valence-electron chi connectivity index (χ0n) is 16.2. The number of benzene rings is 2. The summed E-state index contributed by atoms with van der Waals surface area (Å²) in [5, 5.41) is 1.29. The molecular weight excluding hydrogens is 414 g/mol. The Morgan fingerprint density at radius 3 is 2.66 bits per heavy atom. The number of methoxy groups -OCH3 is 1. The van der Waals surface area contributed by atoms with Crippen LogP contribution in [0.2, 0.25) is 5.02 Å². The summed E-state index contributed by atoms with van der Waals surface area (Å²) >= 11 is 7.72. The van der Waals surface area contributed by atoms with E-state index in [0.717, 1.165) is 10.1 Å². The van der Waals surface area contributed by atoms with E-state index in [1.807, 2.05) is 12.1 Å². The highest BCUT2D eigenvalue weighted by Crippen LogP contribution is 2.39. The SMILES string of the molecule is CCOC(=O)c1sc2cccc(Cl)c2c1COc1c(C)cc(C(N)=O)cc1OC. The van der Waals surface area contributed by atoms with Crippen LogP contribution in [0, 0.1) is 6.92 Å². The first-order valence-corrected chi connectivity index (χ1v) is 10.0. The van der Waals surface area contributed by atoms with Crippen LogP contribution in [-0.2, 0) is 11.3 Å². The molecule has 1 aromatic heterocycles. The lowest BCUT2D eigenvalue weighted by molar-refractivity contribution is 0.0529. The molecule has 29 heavy (non-hydrogen) atoms. The van der Waals surface area contributed by atoms with E-state index < -0.39 is 11.9 Å². The van der Waals surface area contributed by atoms with Crippen molar-refractivity contribution in [3.63, 3.8) is 0 Å². The number of rotatable bonds is 7. The predicted molar refractivity (Wildman–Crippen MR) is 113 cm³/mol. The Bertz CT molecular complexity index is 1090.